The molecule has 1 aliphatic carbocycles. The molecule has 0 spiro atoms. The molecule has 0 bridgehead atoms. The number of hydrogen-bond donors (Lipinski definition) is 0. The zero-order valence-corrected chi connectivity index (χ0v) is 12.7. The molecule has 7 nitrogen and oxygen atoms in total. The summed E-state index contributed by atoms with van der Waals surface area (Å²) in [6.07, 6.45) is 4.41. The van der Waals surface area contributed by atoms with Gasteiger partial charge in [0, 0.05) is 26.0 Å². The van der Waals surface area contributed by atoms with Crippen LogP contribution in [0.2, 0.25) is 0 Å². The zero-order chi connectivity index (χ0) is 16.7. The van der Waals surface area contributed by atoms with Crippen LogP contribution >= 0.6 is 0 Å². The molecule has 1 aromatic carbocycles. The van der Waals surface area contributed by atoms with E-state index in [4.69, 9.17) is 0 Å². The first kappa shape index (κ1) is 15.0. The van der Waals surface area contributed by atoms with Crippen molar-refractivity contribution in [3.8, 4) is 0 Å². The quantitative estimate of drug-likeness (QED) is 0.585. The molecule has 2 aliphatic rings. The largest absolute Gasteiger partial charge is 0.301 e. The lowest BCUT2D eigenvalue weighted by molar-refractivity contribution is -0.419. The number of carbonyl (C=O) groups excluding carboxylic acids is 2. The van der Waals surface area contributed by atoms with Crippen LogP contribution in [-0.4, -0.2) is 28.8 Å². The van der Waals surface area contributed by atoms with E-state index < -0.39 is 17.0 Å². The molecule has 2 amide bonds. The summed E-state index contributed by atoms with van der Waals surface area (Å²) in [6, 6.07) is 6.00. The van der Waals surface area contributed by atoms with Crippen molar-refractivity contribution in [1.82, 2.24) is 0 Å². The average Bonchev–Trinajstić information content (AvgIpc) is 2.50. The predicted octanol–water partition coefficient (Wildman–Crippen LogP) is 1.87. The third kappa shape index (κ3) is 2.30. The first-order valence-electron chi connectivity index (χ1n) is 7.15. The van der Waals surface area contributed by atoms with Gasteiger partial charge in [-0.1, -0.05) is 18.2 Å². The molecular weight excluding hydrogens is 298 g/mol. The van der Waals surface area contributed by atoms with Crippen LogP contribution in [0.4, 0.5) is 11.4 Å². The number of allylic oxidation sites excluding steroid dienone is 1. The van der Waals surface area contributed by atoms with Gasteiger partial charge >= 0.3 is 0 Å². The van der Waals surface area contributed by atoms with Gasteiger partial charge in [-0.25, -0.2) is 0 Å². The third-order valence-electron chi connectivity index (χ3n) is 4.04. The Kier molecular flexibility index (Phi) is 3.48. The van der Waals surface area contributed by atoms with Gasteiger partial charge in [0.05, 0.1) is 28.4 Å². The van der Waals surface area contributed by atoms with E-state index in [1.54, 1.807) is 35.2 Å². The second-order valence-electron chi connectivity index (χ2n) is 5.46. The van der Waals surface area contributed by atoms with Gasteiger partial charge in [-0.3, -0.25) is 19.7 Å². The summed E-state index contributed by atoms with van der Waals surface area (Å²) in [5, 5.41) is 11.1. The lowest BCUT2D eigenvalue weighted by atomic mass is 9.93. The van der Waals surface area contributed by atoms with Crippen molar-refractivity contribution in [1.29, 1.82) is 0 Å². The Bertz CT molecular complexity index is 768. The molecule has 2 atom stereocenters. The van der Waals surface area contributed by atoms with Crippen LogP contribution < -0.4 is 9.80 Å². The molecule has 0 aromatic heterocycles. The minimum atomic E-state index is -0.600. The number of benzene rings is 1. The van der Waals surface area contributed by atoms with Crippen LogP contribution in [0, 0.1) is 10.1 Å². The van der Waals surface area contributed by atoms with E-state index in [0.29, 0.717) is 11.4 Å². The maximum absolute atomic E-state index is 12.2. The first-order chi connectivity index (χ1) is 10.9. The van der Waals surface area contributed by atoms with E-state index >= 15 is 0 Å². The van der Waals surface area contributed by atoms with E-state index in [2.05, 4.69) is 0 Å². The number of nitrogens with zero attached hydrogens (tertiary/aromatic N) is 3. The molecule has 0 radical (unpaired) electrons. The standard InChI is InChI=1S/C16H15N3O4/c1-10(20)17-13-5-3-4-6-14(13)18(11(2)21)16-9-12(19(22)23)7-8-15(16)17/h3-9,15-16H,1-2H3/t15-,16+/m0/s1. The summed E-state index contributed by atoms with van der Waals surface area (Å²) in [6.45, 7) is 2.85. The third-order valence-corrected chi connectivity index (χ3v) is 4.04. The number of amides is 2. The minimum absolute atomic E-state index is 0.0830. The lowest BCUT2D eigenvalue weighted by Crippen LogP contribution is -2.58. The molecule has 0 saturated carbocycles. The average molecular weight is 313 g/mol. The van der Waals surface area contributed by atoms with Crippen LogP contribution in [0.15, 0.2) is 48.2 Å². The summed E-state index contributed by atoms with van der Waals surface area (Å²) in [4.78, 5) is 38.0. The molecule has 23 heavy (non-hydrogen) atoms. The molecule has 1 aliphatic heterocycles. The summed E-state index contributed by atoms with van der Waals surface area (Å²) in [7, 11) is 0. The Hall–Kier alpha value is -2.96. The van der Waals surface area contributed by atoms with Crippen LogP contribution in [0.5, 0.6) is 0 Å². The van der Waals surface area contributed by atoms with E-state index in [-0.39, 0.29) is 17.5 Å². The molecule has 0 unspecified atom stereocenters. The van der Waals surface area contributed by atoms with Crippen molar-refractivity contribution in [3.63, 3.8) is 0 Å². The molecular formula is C16H15N3O4. The van der Waals surface area contributed by atoms with Gasteiger partial charge in [0.25, 0.3) is 5.70 Å². The monoisotopic (exact) mass is 313 g/mol. The SMILES string of the molecule is CC(=O)N1c2ccccc2N(C(C)=O)[C@H]2C=CC([N+](=O)[O-])=C[C@H]21. The van der Waals surface area contributed by atoms with Crippen LogP contribution in [-0.2, 0) is 9.59 Å². The Morgan fingerprint density at radius 3 is 2.04 bits per heavy atom. The number of fused-ring (bicyclic) bond motifs is 2. The highest BCUT2D eigenvalue weighted by Crippen LogP contribution is 2.40. The van der Waals surface area contributed by atoms with Crippen molar-refractivity contribution in [2.24, 2.45) is 0 Å². The fraction of sp³-hybridized carbons (Fsp3) is 0.250. The predicted molar refractivity (Wildman–Crippen MR) is 84.6 cm³/mol. The van der Waals surface area contributed by atoms with Crippen LogP contribution in [0.3, 0.4) is 0 Å². The number of hydrogen-bond acceptors (Lipinski definition) is 4. The van der Waals surface area contributed by atoms with E-state index in [1.807, 2.05) is 0 Å². The first-order valence-corrected chi connectivity index (χ1v) is 7.15. The van der Waals surface area contributed by atoms with Gasteiger partial charge in [0.15, 0.2) is 0 Å². The van der Waals surface area contributed by atoms with E-state index in [0.717, 1.165) is 0 Å². The maximum Gasteiger partial charge on any atom is 0.267 e. The van der Waals surface area contributed by atoms with Crippen LogP contribution in [0.25, 0.3) is 0 Å². The topological polar surface area (TPSA) is 83.8 Å². The molecule has 7 heteroatoms. The highest BCUT2D eigenvalue weighted by Gasteiger charge is 2.42. The van der Waals surface area contributed by atoms with Gasteiger partial charge in [0.1, 0.15) is 0 Å². The summed E-state index contributed by atoms with van der Waals surface area (Å²) >= 11 is 0. The molecule has 1 heterocycles. The Morgan fingerprint density at radius 2 is 1.57 bits per heavy atom. The molecule has 0 saturated heterocycles. The summed E-state index contributed by atoms with van der Waals surface area (Å²) < 4.78 is 0. The molecule has 0 N–H and O–H groups in total. The zero-order valence-electron chi connectivity index (χ0n) is 12.7. The molecule has 0 fully saturated rings. The van der Waals surface area contributed by atoms with Gasteiger partial charge in [-0.15, -0.1) is 0 Å². The smallest absolute Gasteiger partial charge is 0.267 e. The fourth-order valence-electron chi connectivity index (χ4n) is 3.18. The highest BCUT2D eigenvalue weighted by molar-refractivity contribution is 6.04. The normalized spacial score (nSPS) is 22.1. The number of rotatable bonds is 1. The van der Waals surface area contributed by atoms with E-state index in [1.165, 1.54) is 30.9 Å². The molecule has 118 valence electrons. The van der Waals surface area contributed by atoms with Gasteiger partial charge < -0.3 is 9.80 Å². The van der Waals surface area contributed by atoms with Crippen LogP contribution in [0.1, 0.15) is 13.8 Å². The number of carbonyl (C=O) groups is 2. The van der Waals surface area contributed by atoms with E-state index in [9.17, 15) is 19.7 Å². The van der Waals surface area contributed by atoms with Crippen molar-refractivity contribution < 1.29 is 14.5 Å². The number of anilines is 2. The molecule has 3 rings (SSSR count). The second-order valence-corrected chi connectivity index (χ2v) is 5.46. The van der Waals surface area contributed by atoms with Gasteiger partial charge in [-0.05, 0) is 12.1 Å². The summed E-state index contributed by atoms with van der Waals surface area (Å²) in [5.74, 6) is -0.414. The molecule has 1 aromatic rings. The Balaban J connectivity index is 2.22. The van der Waals surface area contributed by atoms with Gasteiger partial charge in [0.2, 0.25) is 11.8 Å². The second kappa shape index (κ2) is 5.35. The lowest BCUT2D eigenvalue weighted by Gasteiger charge is -2.46. The summed E-state index contributed by atoms with van der Waals surface area (Å²) in [5.41, 5.74) is 1.12. The Labute approximate surface area is 132 Å². The van der Waals surface area contributed by atoms with Crippen molar-refractivity contribution in [3.05, 3.63) is 58.3 Å². The van der Waals surface area contributed by atoms with Crippen molar-refractivity contribution in [2.45, 2.75) is 25.9 Å². The van der Waals surface area contributed by atoms with Crippen molar-refractivity contribution >= 4 is 23.2 Å². The van der Waals surface area contributed by atoms with Gasteiger partial charge in [-0.2, -0.15) is 0 Å². The maximum atomic E-state index is 12.2. The van der Waals surface area contributed by atoms with Crippen molar-refractivity contribution in [2.75, 3.05) is 9.80 Å². The number of nitro groups is 1. The Morgan fingerprint density at radius 1 is 1.04 bits per heavy atom. The minimum Gasteiger partial charge on any atom is -0.301 e. The fourth-order valence-corrected chi connectivity index (χ4v) is 3.18. The number of para-hydroxylation sites is 2. The highest BCUT2D eigenvalue weighted by atomic mass is 16.6.